The van der Waals surface area contributed by atoms with E-state index in [1.807, 2.05) is 0 Å². The van der Waals surface area contributed by atoms with Crippen molar-refractivity contribution in [3.63, 3.8) is 0 Å². The van der Waals surface area contributed by atoms with Gasteiger partial charge in [-0.05, 0) is 43.9 Å². The Hall–Kier alpha value is 0.390. The molecule has 1 heterocycles. The Morgan fingerprint density at radius 2 is 1.78 bits per heavy atom. The fraction of sp³-hybridized carbons (Fsp3) is 1.00. The molecule has 2 rings (SSSR count). The van der Waals surface area contributed by atoms with Crippen LogP contribution in [0.15, 0.2) is 0 Å². The predicted octanol–water partition coefficient (Wildman–Crippen LogP) is 1.23. The van der Waals surface area contributed by atoms with Gasteiger partial charge < -0.3 is 5.32 Å². The van der Waals surface area contributed by atoms with Gasteiger partial charge in [0.25, 0.3) is 0 Å². The van der Waals surface area contributed by atoms with Gasteiger partial charge in [-0.25, -0.2) is 0 Å². The summed E-state index contributed by atoms with van der Waals surface area (Å²) < 4.78 is 0. The summed E-state index contributed by atoms with van der Waals surface area (Å²) in [7, 11) is 0.518. The summed E-state index contributed by atoms with van der Waals surface area (Å²) in [5, 5.41) is 3.41. The van der Waals surface area contributed by atoms with Crippen molar-refractivity contribution >= 4 is 7.92 Å². The molecular weight excluding hydrogens is 129 g/mol. The van der Waals surface area contributed by atoms with Crippen molar-refractivity contribution in [2.24, 2.45) is 0 Å². The van der Waals surface area contributed by atoms with Crippen molar-refractivity contribution in [1.29, 1.82) is 0 Å². The third kappa shape index (κ3) is 1.45. The average molecular weight is 143 g/mol. The molecule has 1 saturated carbocycles. The molecule has 9 heavy (non-hydrogen) atoms. The Balaban J connectivity index is 1.80. The van der Waals surface area contributed by atoms with Crippen LogP contribution in [0.1, 0.15) is 12.8 Å². The first-order valence-electron chi connectivity index (χ1n) is 3.91. The van der Waals surface area contributed by atoms with Gasteiger partial charge in [0.05, 0.1) is 0 Å². The summed E-state index contributed by atoms with van der Waals surface area (Å²) in [5.41, 5.74) is 1.21. The molecule has 0 atom stereocenters. The van der Waals surface area contributed by atoms with Gasteiger partial charge >= 0.3 is 0 Å². The largest absolute Gasteiger partial charge is 0.316 e. The molecule has 1 N–H and O–H groups in total. The molecule has 1 nitrogen and oxygen atoms in total. The van der Waals surface area contributed by atoms with Gasteiger partial charge in [-0.1, -0.05) is 0 Å². The molecule has 1 aliphatic carbocycles. The molecular formula is C7H14NP. The molecule has 1 saturated heterocycles. The van der Waals surface area contributed by atoms with Crippen LogP contribution in [-0.2, 0) is 0 Å². The van der Waals surface area contributed by atoms with Crippen LogP contribution in [0.3, 0.4) is 0 Å². The van der Waals surface area contributed by atoms with Crippen LogP contribution in [0.5, 0.6) is 0 Å². The van der Waals surface area contributed by atoms with E-state index in [-0.39, 0.29) is 0 Å². The normalized spacial score (nSPS) is 30.7. The Bertz CT molecular complexity index is 95.1. The topological polar surface area (TPSA) is 12.0 Å². The van der Waals surface area contributed by atoms with Crippen LogP contribution in [0.2, 0.25) is 0 Å². The Labute approximate surface area is 58.0 Å². The molecule has 0 aromatic rings. The zero-order chi connectivity index (χ0) is 6.10. The predicted molar refractivity (Wildman–Crippen MR) is 42.5 cm³/mol. The quantitative estimate of drug-likeness (QED) is 0.544. The maximum absolute atomic E-state index is 3.41. The Kier molecular flexibility index (Phi) is 1.74. The van der Waals surface area contributed by atoms with Crippen LogP contribution in [0.4, 0.5) is 0 Å². The lowest BCUT2D eigenvalue weighted by Gasteiger charge is -2.22. The summed E-state index contributed by atoms with van der Waals surface area (Å²) >= 11 is 0. The van der Waals surface area contributed by atoms with Gasteiger partial charge in [0.1, 0.15) is 0 Å². The second kappa shape index (κ2) is 2.56. The van der Waals surface area contributed by atoms with Crippen molar-refractivity contribution in [3.05, 3.63) is 0 Å². The Morgan fingerprint density at radius 1 is 1.11 bits per heavy atom. The zero-order valence-corrected chi connectivity index (χ0v) is 6.66. The fourth-order valence-electron chi connectivity index (χ4n) is 1.49. The molecule has 0 bridgehead atoms. The minimum Gasteiger partial charge on any atom is -0.316 e. The minimum absolute atomic E-state index is 0.518. The summed E-state index contributed by atoms with van der Waals surface area (Å²) in [6.07, 6.45) is 6.15. The lowest BCUT2D eigenvalue weighted by atomic mass is 10.6. The molecule has 2 aliphatic rings. The molecule has 0 aromatic heterocycles. The van der Waals surface area contributed by atoms with Crippen LogP contribution in [-0.4, -0.2) is 31.1 Å². The molecule has 0 spiro atoms. The van der Waals surface area contributed by atoms with E-state index in [1.54, 1.807) is 12.8 Å². The molecule has 2 fully saturated rings. The molecule has 2 heteroatoms. The third-order valence-corrected chi connectivity index (χ3v) is 5.36. The highest BCUT2D eigenvalue weighted by Gasteiger charge is 2.30. The SMILES string of the molecule is C1CP(C2CC2)CCN1. The van der Waals surface area contributed by atoms with Gasteiger partial charge in [0, 0.05) is 0 Å². The third-order valence-electron chi connectivity index (χ3n) is 2.21. The van der Waals surface area contributed by atoms with Crippen molar-refractivity contribution < 1.29 is 0 Å². The van der Waals surface area contributed by atoms with E-state index in [4.69, 9.17) is 0 Å². The average Bonchev–Trinajstić information content (AvgIpc) is 2.71. The highest BCUT2D eigenvalue weighted by molar-refractivity contribution is 7.58. The van der Waals surface area contributed by atoms with Gasteiger partial charge in [-0.2, -0.15) is 0 Å². The minimum atomic E-state index is 0.518. The number of hydrogen-bond acceptors (Lipinski definition) is 1. The van der Waals surface area contributed by atoms with Crippen LogP contribution < -0.4 is 5.32 Å². The number of rotatable bonds is 1. The van der Waals surface area contributed by atoms with Gasteiger partial charge in [-0.3, -0.25) is 0 Å². The monoisotopic (exact) mass is 143 g/mol. The van der Waals surface area contributed by atoms with E-state index in [0.717, 1.165) is 0 Å². The number of hydrogen-bond donors (Lipinski definition) is 1. The standard InChI is InChI=1S/C7H14NP/c1-2-7(1)9-5-3-8-4-6-9/h7-8H,1-6H2. The molecule has 0 aromatic carbocycles. The van der Waals surface area contributed by atoms with E-state index in [1.165, 1.54) is 31.1 Å². The van der Waals surface area contributed by atoms with Gasteiger partial charge in [0.15, 0.2) is 0 Å². The van der Waals surface area contributed by atoms with Gasteiger partial charge in [0.2, 0.25) is 0 Å². The van der Waals surface area contributed by atoms with E-state index in [9.17, 15) is 0 Å². The molecule has 0 unspecified atom stereocenters. The summed E-state index contributed by atoms with van der Waals surface area (Å²) in [4.78, 5) is 0. The first-order valence-corrected chi connectivity index (χ1v) is 5.70. The molecule has 52 valence electrons. The van der Waals surface area contributed by atoms with Crippen molar-refractivity contribution in [2.75, 3.05) is 25.4 Å². The maximum Gasteiger partial charge on any atom is -0.000925 e. The van der Waals surface area contributed by atoms with Crippen molar-refractivity contribution in [3.8, 4) is 0 Å². The van der Waals surface area contributed by atoms with Crippen molar-refractivity contribution in [2.45, 2.75) is 18.5 Å². The lowest BCUT2D eigenvalue weighted by molar-refractivity contribution is 0.744. The summed E-state index contributed by atoms with van der Waals surface area (Å²) in [5.74, 6) is 0. The molecule has 0 radical (unpaired) electrons. The van der Waals surface area contributed by atoms with E-state index in [0.29, 0.717) is 7.92 Å². The zero-order valence-electron chi connectivity index (χ0n) is 5.77. The fourth-order valence-corrected chi connectivity index (χ4v) is 4.21. The highest BCUT2D eigenvalue weighted by Crippen LogP contribution is 2.53. The summed E-state index contributed by atoms with van der Waals surface area (Å²) in [6, 6.07) is 0. The van der Waals surface area contributed by atoms with E-state index >= 15 is 0 Å². The van der Waals surface area contributed by atoms with E-state index < -0.39 is 0 Å². The first-order chi connectivity index (χ1) is 4.47. The maximum atomic E-state index is 3.41. The smallest absolute Gasteiger partial charge is 0.000925 e. The van der Waals surface area contributed by atoms with Crippen LogP contribution >= 0.6 is 7.92 Å². The second-order valence-electron chi connectivity index (χ2n) is 3.02. The highest BCUT2D eigenvalue weighted by atomic mass is 31.1. The molecule has 0 amide bonds. The lowest BCUT2D eigenvalue weighted by Crippen LogP contribution is -2.27. The Morgan fingerprint density at radius 3 is 2.33 bits per heavy atom. The van der Waals surface area contributed by atoms with Crippen LogP contribution in [0, 0.1) is 0 Å². The summed E-state index contributed by atoms with van der Waals surface area (Å²) in [6.45, 7) is 2.62. The van der Waals surface area contributed by atoms with Gasteiger partial charge in [-0.15, -0.1) is 7.92 Å². The van der Waals surface area contributed by atoms with E-state index in [2.05, 4.69) is 5.32 Å². The first kappa shape index (κ1) is 6.12. The van der Waals surface area contributed by atoms with Crippen molar-refractivity contribution in [1.82, 2.24) is 5.32 Å². The second-order valence-corrected chi connectivity index (χ2v) is 5.82. The van der Waals surface area contributed by atoms with Crippen LogP contribution in [0.25, 0.3) is 0 Å². The number of nitrogens with one attached hydrogen (secondary N) is 1. The molecule has 1 aliphatic heterocycles.